The van der Waals surface area contributed by atoms with Crippen LogP contribution < -0.4 is 4.74 Å². The van der Waals surface area contributed by atoms with Gasteiger partial charge in [-0.2, -0.15) is 13.2 Å². The Hall–Kier alpha value is -3.40. The zero-order valence-corrected chi connectivity index (χ0v) is 19.4. The summed E-state index contributed by atoms with van der Waals surface area (Å²) in [6.07, 6.45) is -1.62. The summed E-state index contributed by atoms with van der Waals surface area (Å²) in [5.41, 5.74) is -2.63. The molecule has 0 aromatic heterocycles. The molecule has 0 aliphatic carbocycles. The SMILES string of the molecule is CCOc1ccc(-c2ccc(-c3ccc(C4CCC(C=C(F)F)CO4)c(F)c3F)c(F)c2F)c(F)c1F. The molecule has 3 aromatic carbocycles. The Morgan fingerprint density at radius 1 is 0.757 bits per heavy atom. The van der Waals surface area contributed by atoms with E-state index < -0.39 is 81.0 Å². The van der Waals surface area contributed by atoms with Crippen molar-refractivity contribution in [3.8, 4) is 28.0 Å². The van der Waals surface area contributed by atoms with Gasteiger partial charge < -0.3 is 9.47 Å². The molecule has 10 heteroatoms. The first kappa shape index (κ1) is 26.7. The van der Waals surface area contributed by atoms with Crippen LogP contribution >= 0.6 is 0 Å². The second kappa shape index (κ2) is 10.9. The Bertz CT molecular complexity index is 1340. The molecule has 0 N–H and O–H groups in total. The molecule has 0 spiro atoms. The van der Waals surface area contributed by atoms with Crippen molar-refractivity contribution in [1.29, 1.82) is 0 Å². The Morgan fingerprint density at radius 2 is 1.27 bits per heavy atom. The second-order valence-corrected chi connectivity index (χ2v) is 8.41. The van der Waals surface area contributed by atoms with Gasteiger partial charge in [-0.05, 0) is 38.0 Å². The predicted molar refractivity (Wildman–Crippen MR) is 120 cm³/mol. The summed E-state index contributed by atoms with van der Waals surface area (Å²) < 4.78 is 124. The highest BCUT2D eigenvalue weighted by atomic mass is 19.3. The number of halogens is 8. The standard InChI is InChI=1S/C27H20F8O2/c1-2-36-20-10-8-17(25(33)27(20)35)15-5-4-14(22(30)23(15)31)16-6-7-18(26(34)24(16)32)19-9-3-13(12-37-19)11-21(28)29/h4-8,10-11,13,19H,2-3,9,12H2,1H3. The highest BCUT2D eigenvalue weighted by Gasteiger charge is 2.28. The molecule has 1 saturated heterocycles. The maximum Gasteiger partial charge on any atom is 0.266 e. The van der Waals surface area contributed by atoms with Gasteiger partial charge >= 0.3 is 0 Å². The highest BCUT2D eigenvalue weighted by molar-refractivity contribution is 5.73. The minimum atomic E-state index is -1.86. The zero-order valence-electron chi connectivity index (χ0n) is 19.4. The fraction of sp³-hybridized carbons (Fsp3) is 0.259. The smallest absolute Gasteiger partial charge is 0.266 e. The average molecular weight is 528 g/mol. The average Bonchev–Trinajstić information content (AvgIpc) is 2.87. The molecule has 0 bridgehead atoms. The Labute approximate surface area is 207 Å². The van der Waals surface area contributed by atoms with Crippen LogP contribution in [0.25, 0.3) is 22.3 Å². The number of rotatable bonds is 6. The van der Waals surface area contributed by atoms with Gasteiger partial charge in [0, 0.05) is 33.7 Å². The fourth-order valence-corrected chi connectivity index (χ4v) is 4.32. The maximum absolute atomic E-state index is 15.0. The Kier molecular flexibility index (Phi) is 7.87. The van der Waals surface area contributed by atoms with Crippen LogP contribution in [0, 0.1) is 40.8 Å². The normalized spacial score (nSPS) is 17.5. The van der Waals surface area contributed by atoms with Crippen molar-refractivity contribution < 1.29 is 44.6 Å². The van der Waals surface area contributed by atoms with Crippen LogP contribution in [0.5, 0.6) is 5.75 Å². The molecule has 0 saturated carbocycles. The molecule has 2 atom stereocenters. The highest BCUT2D eigenvalue weighted by Crippen LogP contribution is 2.39. The van der Waals surface area contributed by atoms with E-state index >= 15 is 0 Å². The van der Waals surface area contributed by atoms with E-state index in [1.165, 1.54) is 0 Å². The molecular formula is C27H20F8O2. The van der Waals surface area contributed by atoms with Gasteiger partial charge in [-0.25, -0.2) is 22.0 Å². The van der Waals surface area contributed by atoms with Crippen LogP contribution in [0.15, 0.2) is 48.6 Å². The molecular weight excluding hydrogens is 508 g/mol. The van der Waals surface area contributed by atoms with Gasteiger partial charge in [-0.1, -0.05) is 24.3 Å². The van der Waals surface area contributed by atoms with Gasteiger partial charge in [0.1, 0.15) is 0 Å². The van der Waals surface area contributed by atoms with Crippen molar-refractivity contribution in [1.82, 2.24) is 0 Å². The Balaban J connectivity index is 1.65. The van der Waals surface area contributed by atoms with Gasteiger partial charge in [0.2, 0.25) is 5.82 Å². The lowest BCUT2D eigenvalue weighted by molar-refractivity contribution is -0.00823. The van der Waals surface area contributed by atoms with Gasteiger partial charge in [-0.3, -0.25) is 0 Å². The van der Waals surface area contributed by atoms with Crippen LogP contribution in [-0.4, -0.2) is 13.2 Å². The van der Waals surface area contributed by atoms with Gasteiger partial charge in [0.25, 0.3) is 6.08 Å². The van der Waals surface area contributed by atoms with Crippen LogP contribution in [0.1, 0.15) is 31.4 Å². The largest absolute Gasteiger partial charge is 0.491 e. The molecule has 37 heavy (non-hydrogen) atoms. The van der Waals surface area contributed by atoms with Crippen LogP contribution in [0.2, 0.25) is 0 Å². The zero-order chi connectivity index (χ0) is 26.9. The summed E-state index contributed by atoms with van der Waals surface area (Å²) >= 11 is 0. The lowest BCUT2D eigenvalue weighted by atomic mass is 9.92. The third-order valence-corrected chi connectivity index (χ3v) is 6.14. The van der Waals surface area contributed by atoms with Gasteiger partial charge in [-0.15, -0.1) is 0 Å². The van der Waals surface area contributed by atoms with Crippen LogP contribution in [-0.2, 0) is 4.74 Å². The molecule has 0 radical (unpaired) electrons. The number of ether oxygens (including phenoxy) is 2. The molecule has 1 aliphatic heterocycles. The van der Waals surface area contributed by atoms with Gasteiger partial charge in [0.05, 0.1) is 19.3 Å². The number of hydrogen-bond donors (Lipinski definition) is 0. The topological polar surface area (TPSA) is 18.5 Å². The monoisotopic (exact) mass is 528 g/mol. The first-order valence-electron chi connectivity index (χ1n) is 11.4. The van der Waals surface area contributed by atoms with Crippen molar-refractivity contribution in [2.24, 2.45) is 5.92 Å². The second-order valence-electron chi connectivity index (χ2n) is 8.41. The molecule has 196 valence electrons. The number of hydrogen-bond acceptors (Lipinski definition) is 2. The molecule has 4 rings (SSSR count). The van der Waals surface area contributed by atoms with Crippen LogP contribution in [0.4, 0.5) is 35.1 Å². The Morgan fingerprint density at radius 3 is 1.78 bits per heavy atom. The van der Waals surface area contributed by atoms with E-state index in [1.807, 2.05) is 0 Å². The molecule has 1 aliphatic rings. The lowest BCUT2D eigenvalue weighted by Crippen LogP contribution is -2.20. The summed E-state index contributed by atoms with van der Waals surface area (Å²) in [7, 11) is 0. The van der Waals surface area contributed by atoms with E-state index in [0.29, 0.717) is 0 Å². The first-order chi connectivity index (χ1) is 17.6. The molecule has 0 amide bonds. The summed E-state index contributed by atoms with van der Waals surface area (Å²) in [5, 5.41) is 0. The van der Waals surface area contributed by atoms with Crippen molar-refractivity contribution >= 4 is 0 Å². The quantitative estimate of drug-likeness (QED) is 0.299. The fourth-order valence-electron chi connectivity index (χ4n) is 4.32. The van der Waals surface area contributed by atoms with E-state index in [0.717, 1.165) is 42.5 Å². The predicted octanol–water partition coefficient (Wildman–Crippen LogP) is 8.50. The van der Waals surface area contributed by atoms with Crippen molar-refractivity contribution in [3.05, 3.63) is 89.0 Å². The summed E-state index contributed by atoms with van der Waals surface area (Å²) in [4.78, 5) is 0. The molecule has 1 heterocycles. The van der Waals surface area contributed by atoms with E-state index in [9.17, 15) is 35.1 Å². The van der Waals surface area contributed by atoms with E-state index in [-0.39, 0.29) is 31.6 Å². The lowest BCUT2D eigenvalue weighted by Gasteiger charge is -2.28. The maximum atomic E-state index is 15.0. The third-order valence-electron chi connectivity index (χ3n) is 6.14. The molecule has 1 fully saturated rings. The minimum Gasteiger partial charge on any atom is -0.491 e. The summed E-state index contributed by atoms with van der Waals surface area (Å²) in [5.74, 6) is -9.79. The van der Waals surface area contributed by atoms with Crippen molar-refractivity contribution in [2.75, 3.05) is 13.2 Å². The molecule has 2 unspecified atom stereocenters. The summed E-state index contributed by atoms with van der Waals surface area (Å²) in [6, 6.07) is 6.13. The molecule has 2 nitrogen and oxygen atoms in total. The van der Waals surface area contributed by atoms with E-state index in [1.54, 1.807) is 6.92 Å². The van der Waals surface area contributed by atoms with Crippen molar-refractivity contribution in [3.63, 3.8) is 0 Å². The van der Waals surface area contributed by atoms with Gasteiger partial charge in [0.15, 0.2) is 34.8 Å². The van der Waals surface area contributed by atoms with E-state index in [4.69, 9.17) is 9.47 Å². The first-order valence-corrected chi connectivity index (χ1v) is 11.4. The third kappa shape index (κ3) is 5.20. The van der Waals surface area contributed by atoms with Crippen molar-refractivity contribution in [2.45, 2.75) is 25.9 Å². The summed E-state index contributed by atoms with van der Waals surface area (Å²) in [6.45, 7) is 1.49. The van der Waals surface area contributed by atoms with Crippen LogP contribution in [0.3, 0.4) is 0 Å². The minimum absolute atomic E-state index is 0.0537. The van der Waals surface area contributed by atoms with E-state index in [2.05, 4.69) is 0 Å². The molecule has 3 aromatic rings. The number of benzene rings is 3.